The van der Waals surface area contributed by atoms with Gasteiger partial charge < -0.3 is 11.1 Å². The van der Waals surface area contributed by atoms with Crippen molar-refractivity contribution in [2.45, 2.75) is 25.7 Å². The summed E-state index contributed by atoms with van der Waals surface area (Å²) in [7, 11) is 0. The molecule has 0 spiro atoms. The van der Waals surface area contributed by atoms with Crippen molar-refractivity contribution in [3.63, 3.8) is 0 Å². The van der Waals surface area contributed by atoms with Crippen molar-refractivity contribution in [2.75, 3.05) is 6.54 Å². The Morgan fingerprint density at radius 1 is 1.28 bits per heavy atom. The Balaban J connectivity index is 3.76. The zero-order valence-corrected chi connectivity index (χ0v) is 9.68. The van der Waals surface area contributed by atoms with Gasteiger partial charge in [0.2, 0.25) is 5.71 Å². The van der Waals surface area contributed by atoms with Crippen LogP contribution in [-0.2, 0) is 9.63 Å². The minimum Gasteiger partial charge on any atom is -0.364 e. The first-order valence-electron chi connectivity index (χ1n) is 5.21. The maximum absolute atomic E-state index is 11.0. The van der Waals surface area contributed by atoms with Gasteiger partial charge in [-0.25, -0.2) is 4.79 Å². The highest BCUT2D eigenvalue weighted by Crippen LogP contribution is 1.97. The van der Waals surface area contributed by atoms with Crippen LogP contribution < -0.4 is 11.1 Å². The fourth-order valence-electron chi connectivity index (χ4n) is 0.936. The number of nitrogens with zero attached hydrogens (tertiary/aromatic N) is 3. The van der Waals surface area contributed by atoms with E-state index in [1.54, 1.807) is 0 Å². The lowest BCUT2D eigenvalue weighted by atomic mass is 10.2. The average Bonchev–Trinajstić information content (AvgIpc) is 2.34. The van der Waals surface area contributed by atoms with E-state index in [4.69, 9.17) is 16.3 Å². The molecule has 0 bridgehead atoms. The molecular weight excluding hydrogens is 238 g/mol. The number of rotatable bonds is 7. The number of hydrogen-bond acceptors (Lipinski definition) is 6. The van der Waals surface area contributed by atoms with Gasteiger partial charge in [-0.3, -0.25) is 9.63 Å². The van der Waals surface area contributed by atoms with Crippen LogP contribution in [0.25, 0.3) is 0 Å². The lowest BCUT2D eigenvalue weighted by molar-refractivity contribution is -0.112. The number of unbranched alkanes of at least 4 members (excludes halogenated alkanes) is 3. The van der Waals surface area contributed by atoms with Crippen molar-refractivity contribution in [3.8, 4) is 12.1 Å². The van der Waals surface area contributed by atoms with Crippen molar-refractivity contribution < 1.29 is 14.4 Å². The SMILES string of the molecule is N#CCCCCCNC(=O)ON=C(C#N)C(N)=O. The van der Waals surface area contributed by atoms with E-state index in [2.05, 4.69) is 15.3 Å². The number of nitrogens with two attached hydrogens (primary N) is 1. The predicted molar refractivity (Wildman–Crippen MR) is 60.8 cm³/mol. The third-order valence-electron chi connectivity index (χ3n) is 1.79. The number of amides is 2. The Kier molecular flexibility index (Phi) is 8.21. The summed E-state index contributed by atoms with van der Waals surface area (Å²) in [6.07, 6.45) is 1.89. The summed E-state index contributed by atoms with van der Waals surface area (Å²) in [5.74, 6) is -1.07. The number of oxime groups is 1. The van der Waals surface area contributed by atoms with Crippen molar-refractivity contribution in [1.82, 2.24) is 5.32 Å². The molecule has 0 saturated heterocycles. The molecule has 0 saturated carbocycles. The zero-order chi connectivity index (χ0) is 13.8. The predicted octanol–water partition coefficient (Wildman–Crippen LogP) is 0.161. The van der Waals surface area contributed by atoms with E-state index in [-0.39, 0.29) is 0 Å². The summed E-state index contributed by atoms with van der Waals surface area (Å²) in [4.78, 5) is 25.8. The van der Waals surface area contributed by atoms with Crippen LogP contribution in [0.4, 0.5) is 4.79 Å². The van der Waals surface area contributed by atoms with Gasteiger partial charge in [0.1, 0.15) is 6.07 Å². The summed E-state index contributed by atoms with van der Waals surface area (Å²) in [6, 6.07) is 3.40. The van der Waals surface area contributed by atoms with Crippen LogP contribution in [0, 0.1) is 22.7 Å². The Morgan fingerprint density at radius 3 is 2.56 bits per heavy atom. The molecule has 0 aromatic carbocycles. The van der Waals surface area contributed by atoms with Crippen molar-refractivity contribution in [2.24, 2.45) is 10.9 Å². The van der Waals surface area contributed by atoms with Gasteiger partial charge in [0, 0.05) is 13.0 Å². The standard InChI is InChI=1S/C10H13N5O3/c11-5-3-1-2-4-6-14-10(17)18-15-8(7-12)9(13)16/h1-4,6H2,(H2,13,16)(H,14,17). The minimum atomic E-state index is -1.07. The second-order valence-corrected chi connectivity index (χ2v) is 3.19. The van der Waals surface area contributed by atoms with Crippen molar-refractivity contribution in [1.29, 1.82) is 10.5 Å². The van der Waals surface area contributed by atoms with Crippen LogP contribution >= 0.6 is 0 Å². The molecule has 0 aliphatic carbocycles. The summed E-state index contributed by atoms with van der Waals surface area (Å²) in [5.41, 5.74) is 4.09. The van der Waals surface area contributed by atoms with Gasteiger partial charge in [0.05, 0.1) is 6.07 Å². The highest BCUT2D eigenvalue weighted by atomic mass is 16.7. The average molecular weight is 251 g/mol. The summed E-state index contributed by atoms with van der Waals surface area (Å²) < 4.78 is 0. The van der Waals surface area contributed by atoms with Crippen LogP contribution in [0.3, 0.4) is 0 Å². The van der Waals surface area contributed by atoms with Crippen LogP contribution in [0.1, 0.15) is 25.7 Å². The number of primary amides is 1. The quantitative estimate of drug-likeness (QED) is 0.287. The molecule has 8 nitrogen and oxygen atoms in total. The molecule has 2 amide bonds. The van der Waals surface area contributed by atoms with Crippen LogP contribution in [0.2, 0.25) is 0 Å². The van der Waals surface area contributed by atoms with Crippen LogP contribution in [-0.4, -0.2) is 24.3 Å². The van der Waals surface area contributed by atoms with Gasteiger partial charge in [0.25, 0.3) is 5.91 Å². The van der Waals surface area contributed by atoms with Gasteiger partial charge in [-0.2, -0.15) is 10.5 Å². The molecule has 0 unspecified atom stereocenters. The molecule has 0 fully saturated rings. The normalized spacial score (nSPS) is 10.0. The summed E-state index contributed by atoms with van der Waals surface area (Å²) in [6.45, 7) is 0.359. The van der Waals surface area contributed by atoms with Crippen LogP contribution in [0.5, 0.6) is 0 Å². The lowest BCUT2D eigenvalue weighted by Crippen LogP contribution is -2.26. The van der Waals surface area contributed by atoms with E-state index < -0.39 is 17.7 Å². The molecule has 8 heteroatoms. The molecule has 18 heavy (non-hydrogen) atoms. The smallest absolute Gasteiger partial charge is 0.364 e. The molecule has 0 aliphatic rings. The van der Waals surface area contributed by atoms with E-state index in [1.807, 2.05) is 6.07 Å². The molecule has 96 valence electrons. The Labute approximate surface area is 104 Å². The molecule has 0 aliphatic heterocycles. The number of nitriles is 2. The number of carbonyl (C=O) groups excluding carboxylic acids is 2. The fourth-order valence-corrected chi connectivity index (χ4v) is 0.936. The van der Waals surface area contributed by atoms with Gasteiger partial charge in [-0.05, 0) is 12.8 Å². The number of carbonyl (C=O) groups is 2. The molecule has 0 aromatic heterocycles. The van der Waals surface area contributed by atoms with Crippen molar-refractivity contribution >= 4 is 17.7 Å². The molecule has 3 N–H and O–H groups in total. The largest absolute Gasteiger partial charge is 0.433 e. The second-order valence-electron chi connectivity index (χ2n) is 3.19. The first-order valence-corrected chi connectivity index (χ1v) is 5.21. The monoisotopic (exact) mass is 251 g/mol. The second kappa shape index (κ2) is 9.60. The number of nitrogens with one attached hydrogen (secondary N) is 1. The number of hydrogen-bond donors (Lipinski definition) is 2. The first-order chi connectivity index (χ1) is 8.61. The summed E-state index contributed by atoms with van der Waals surface area (Å²) >= 11 is 0. The van der Waals surface area contributed by atoms with E-state index in [0.717, 1.165) is 12.8 Å². The summed E-state index contributed by atoms with van der Waals surface area (Å²) in [5, 5.41) is 22.0. The topological polar surface area (TPSA) is 141 Å². The zero-order valence-electron chi connectivity index (χ0n) is 9.68. The van der Waals surface area contributed by atoms with Gasteiger partial charge in [-0.15, -0.1) is 0 Å². The van der Waals surface area contributed by atoms with Crippen LogP contribution in [0.15, 0.2) is 5.16 Å². The fraction of sp³-hybridized carbons (Fsp3) is 0.500. The highest BCUT2D eigenvalue weighted by molar-refractivity contribution is 6.44. The van der Waals surface area contributed by atoms with Gasteiger partial charge in [-0.1, -0.05) is 11.6 Å². The molecule has 0 radical (unpaired) electrons. The Bertz CT molecular complexity index is 405. The molecular formula is C10H13N5O3. The lowest BCUT2D eigenvalue weighted by Gasteiger charge is -2.01. The van der Waals surface area contributed by atoms with E-state index in [0.29, 0.717) is 19.4 Å². The third-order valence-corrected chi connectivity index (χ3v) is 1.79. The minimum absolute atomic E-state index is 0.359. The van der Waals surface area contributed by atoms with E-state index in [9.17, 15) is 9.59 Å². The maximum Gasteiger partial charge on any atom is 0.433 e. The Hall–Kier alpha value is -2.61. The van der Waals surface area contributed by atoms with Crippen molar-refractivity contribution in [3.05, 3.63) is 0 Å². The van der Waals surface area contributed by atoms with E-state index in [1.165, 1.54) is 6.07 Å². The third kappa shape index (κ3) is 7.65. The first kappa shape index (κ1) is 15.4. The Morgan fingerprint density at radius 2 is 2.00 bits per heavy atom. The highest BCUT2D eigenvalue weighted by Gasteiger charge is 2.08. The van der Waals surface area contributed by atoms with E-state index >= 15 is 0 Å². The molecule has 0 aromatic rings. The molecule has 0 rings (SSSR count). The molecule has 0 heterocycles. The molecule has 0 atom stereocenters. The van der Waals surface area contributed by atoms with Gasteiger partial charge >= 0.3 is 6.09 Å². The maximum atomic E-state index is 11.0. The van der Waals surface area contributed by atoms with Gasteiger partial charge in [0.15, 0.2) is 0 Å².